The van der Waals surface area contributed by atoms with E-state index < -0.39 is 6.10 Å². The third-order valence-electron chi connectivity index (χ3n) is 7.21. The third kappa shape index (κ3) is 3.61. The van der Waals surface area contributed by atoms with Crippen LogP contribution < -0.4 is 10.4 Å². The Kier molecular flexibility index (Phi) is 5.05. The molecule has 1 aliphatic carbocycles. The van der Waals surface area contributed by atoms with Gasteiger partial charge in [0.15, 0.2) is 0 Å². The van der Waals surface area contributed by atoms with Crippen LogP contribution in [0.4, 0.5) is 0 Å². The molecule has 1 aliphatic heterocycles. The van der Waals surface area contributed by atoms with Crippen LogP contribution in [0.25, 0.3) is 11.0 Å². The number of aliphatic hydroxyl groups is 1. The highest BCUT2D eigenvalue weighted by atomic mass is 16.5. The van der Waals surface area contributed by atoms with Gasteiger partial charge in [0.1, 0.15) is 16.9 Å². The first kappa shape index (κ1) is 20.5. The maximum Gasteiger partial charge on any atom is 0.336 e. The molecule has 29 heavy (non-hydrogen) atoms. The van der Waals surface area contributed by atoms with Gasteiger partial charge in [-0.05, 0) is 62.0 Å². The van der Waals surface area contributed by atoms with E-state index in [0.29, 0.717) is 23.3 Å². The molecule has 1 fully saturated rings. The van der Waals surface area contributed by atoms with E-state index in [0.717, 1.165) is 66.4 Å². The number of aryl methyl sites for hydroxylation is 2. The first-order valence-electron chi connectivity index (χ1n) is 11.1. The Morgan fingerprint density at radius 2 is 1.90 bits per heavy atom. The Morgan fingerprint density at radius 1 is 1.21 bits per heavy atom. The molecular formula is C25H34O4. The summed E-state index contributed by atoms with van der Waals surface area (Å²) in [6.45, 7) is 11.0. The molecule has 0 radical (unpaired) electrons. The predicted molar refractivity (Wildman–Crippen MR) is 116 cm³/mol. The fourth-order valence-electron chi connectivity index (χ4n) is 5.42. The van der Waals surface area contributed by atoms with Crippen molar-refractivity contribution >= 4 is 11.0 Å². The molecule has 1 spiro atoms. The molecule has 4 nitrogen and oxygen atoms in total. The molecule has 1 atom stereocenters. The van der Waals surface area contributed by atoms with E-state index in [2.05, 4.69) is 27.7 Å². The number of benzene rings is 1. The van der Waals surface area contributed by atoms with Gasteiger partial charge in [0, 0.05) is 29.0 Å². The standard InChI is InChI=1S/C25H34O4/c1-6-7-16-12-21(27)28-22-15(2)23-19(13-18(16)22)20(26)14-25(29-23)10-8-17(9-11-25)24(3,4)5/h12-13,17,20,26H,6-11,14H2,1-5H3/t17?,20-,25?/m1/s1. The smallest absolute Gasteiger partial charge is 0.336 e. The molecule has 1 N–H and O–H groups in total. The van der Waals surface area contributed by atoms with Gasteiger partial charge in [-0.15, -0.1) is 0 Å². The summed E-state index contributed by atoms with van der Waals surface area (Å²) in [4.78, 5) is 12.1. The highest BCUT2D eigenvalue weighted by Gasteiger charge is 2.45. The minimum atomic E-state index is -0.547. The molecule has 2 aromatic rings. The Morgan fingerprint density at radius 3 is 2.52 bits per heavy atom. The van der Waals surface area contributed by atoms with E-state index in [1.54, 1.807) is 6.07 Å². The van der Waals surface area contributed by atoms with Crippen molar-refractivity contribution in [2.75, 3.05) is 0 Å². The molecule has 1 aromatic heterocycles. The van der Waals surface area contributed by atoms with Gasteiger partial charge in [0.05, 0.1) is 6.10 Å². The lowest BCUT2D eigenvalue weighted by atomic mass is 9.66. The summed E-state index contributed by atoms with van der Waals surface area (Å²) in [5, 5.41) is 12.0. The molecule has 0 saturated heterocycles. The zero-order chi connectivity index (χ0) is 21.0. The summed E-state index contributed by atoms with van der Waals surface area (Å²) in [6.07, 6.45) is 6.02. The number of aliphatic hydroxyl groups excluding tert-OH is 1. The van der Waals surface area contributed by atoms with Crippen molar-refractivity contribution in [2.45, 2.75) is 91.3 Å². The topological polar surface area (TPSA) is 59.7 Å². The van der Waals surface area contributed by atoms with Gasteiger partial charge < -0.3 is 14.3 Å². The van der Waals surface area contributed by atoms with Crippen LogP contribution >= 0.6 is 0 Å². The van der Waals surface area contributed by atoms with Crippen molar-refractivity contribution in [1.82, 2.24) is 0 Å². The van der Waals surface area contributed by atoms with Crippen molar-refractivity contribution in [1.29, 1.82) is 0 Å². The Balaban J connectivity index is 1.75. The Labute approximate surface area is 173 Å². The number of rotatable bonds is 2. The maximum absolute atomic E-state index is 12.1. The van der Waals surface area contributed by atoms with E-state index in [9.17, 15) is 9.90 Å². The molecule has 0 amide bonds. The number of ether oxygens (including phenoxy) is 1. The van der Waals surface area contributed by atoms with E-state index in [-0.39, 0.29) is 11.2 Å². The predicted octanol–water partition coefficient (Wildman–Crippen LogP) is 5.84. The van der Waals surface area contributed by atoms with Crippen molar-refractivity contribution < 1.29 is 14.3 Å². The summed E-state index contributed by atoms with van der Waals surface area (Å²) >= 11 is 0. The second kappa shape index (κ2) is 7.16. The van der Waals surface area contributed by atoms with Crippen LogP contribution in [0, 0.1) is 18.3 Å². The summed E-state index contributed by atoms with van der Waals surface area (Å²) in [7, 11) is 0. The summed E-state index contributed by atoms with van der Waals surface area (Å²) in [5.41, 5.74) is 2.94. The monoisotopic (exact) mass is 398 g/mol. The largest absolute Gasteiger partial charge is 0.486 e. The van der Waals surface area contributed by atoms with E-state index in [1.807, 2.05) is 13.0 Å². The van der Waals surface area contributed by atoms with Gasteiger partial charge in [-0.1, -0.05) is 34.1 Å². The van der Waals surface area contributed by atoms with Crippen molar-refractivity contribution in [3.63, 3.8) is 0 Å². The van der Waals surface area contributed by atoms with Crippen LogP contribution in [0.1, 0.15) is 89.0 Å². The summed E-state index contributed by atoms with van der Waals surface area (Å²) in [6, 6.07) is 3.58. The SMILES string of the molecule is CCCc1cc(=O)oc2c(C)c3c(cc12)[C@H](O)CC1(CCC(C(C)(C)C)CC1)O3. The lowest BCUT2D eigenvalue weighted by Gasteiger charge is -2.47. The second-order valence-electron chi connectivity index (χ2n) is 10.3. The van der Waals surface area contributed by atoms with Crippen LogP contribution in [0.3, 0.4) is 0 Å². The van der Waals surface area contributed by atoms with Crippen molar-refractivity contribution in [2.24, 2.45) is 11.3 Å². The summed E-state index contributed by atoms with van der Waals surface area (Å²) in [5.74, 6) is 1.41. The molecule has 4 rings (SSSR count). The average molecular weight is 399 g/mol. The lowest BCUT2D eigenvalue weighted by Crippen LogP contribution is -2.45. The number of hydrogen-bond donors (Lipinski definition) is 1. The Hall–Kier alpha value is -1.81. The molecule has 2 aliphatic rings. The number of hydrogen-bond acceptors (Lipinski definition) is 4. The van der Waals surface area contributed by atoms with E-state index >= 15 is 0 Å². The number of fused-ring (bicyclic) bond motifs is 2. The highest BCUT2D eigenvalue weighted by Crippen LogP contribution is 2.51. The van der Waals surface area contributed by atoms with Crippen LogP contribution in [-0.2, 0) is 6.42 Å². The van der Waals surface area contributed by atoms with Gasteiger partial charge in [-0.2, -0.15) is 0 Å². The molecule has 1 aromatic carbocycles. The quantitative estimate of drug-likeness (QED) is 0.645. The minimum Gasteiger partial charge on any atom is -0.486 e. The lowest BCUT2D eigenvalue weighted by molar-refractivity contribution is -0.0567. The maximum atomic E-state index is 12.1. The van der Waals surface area contributed by atoms with Gasteiger partial charge >= 0.3 is 5.63 Å². The van der Waals surface area contributed by atoms with Crippen LogP contribution in [-0.4, -0.2) is 10.7 Å². The van der Waals surface area contributed by atoms with Gasteiger partial charge in [0.2, 0.25) is 0 Å². The molecule has 158 valence electrons. The first-order chi connectivity index (χ1) is 13.6. The minimum absolute atomic E-state index is 0.304. The van der Waals surface area contributed by atoms with Crippen LogP contribution in [0.2, 0.25) is 0 Å². The summed E-state index contributed by atoms with van der Waals surface area (Å²) < 4.78 is 12.2. The zero-order valence-corrected chi connectivity index (χ0v) is 18.4. The molecule has 0 unspecified atom stereocenters. The van der Waals surface area contributed by atoms with Gasteiger partial charge in [0.25, 0.3) is 0 Å². The van der Waals surface area contributed by atoms with Crippen molar-refractivity contribution in [3.05, 3.63) is 39.2 Å². The molecule has 0 bridgehead atoms. The molecule has 4 heteroatoms. The van der Waals surface area contributed by atoms with Gasteiger partial charge in [-0.3, -0.25) is 0 Å². The third-order valence-corrected chi connectivity index (χ3v) is 7.21. The normalized spacial score (nSPS) is 27.1. The molecule has 1 saturated carbocycles. The van der Waals surface area contributed by atoms with Gasteiger partial charge in [-0.25, -0.2) is 4.79 Å². The zero-order valence-electron chi connectivity index (χ0n) is 18.4. The fraction of sp³-hybridized carbons (Fsp3) is 0.640. The average Bonchev–Trinajstić information content (AvgIpc) is 2.63. The fourth-order valence-corrected chi connectivity index (χ4v) is 5.42. The van der Waals surface area contributed by atoms with E-state index in [1.165, 1.54) is 0 Å². The highest BCUT2D eigenvalue weighted by molar-refractivity contribution is 5.86. The first-order valence-corrected chi connectivity index (χ1v) is 11.1. The van der Waals surface area contributed by atoms with Crippen LogP contribution in [0.15, 0.2) is 21.3 Å². The van der Waals surface area contributed by atoms with E-state index in [4.69, 9.17) is 9.15 Å². The second-order valence-corrected chi connectivity index (χ2v) is 10.3. The van der Waals surface area contributed by atoms with Crippen molar-refractivity contribution in [3.8, 4) is 5.75 Å². The van der Waals surface area contributed by atoms with Crippen LogP contribution in [0.5, 0.6) is 5.75 Å². The molecular weight excluding hydrogens is 364 g/mol. The Bertz CT molecular complexity index is 971. The molecule has 2 heterocycles.